The highest BCUT2D eigenvalue weighted by molar-refractivity contribution is 5.85. The Labute approximate surface area is 128 Å². The van der Waals surface area contributed by atoms with Gasteiger partial charge in [0.2, 0.25) is 5.91 Å². The lowest BCUT2D eigenvalue weighted by molar-refractivity contribution is -0.122. The molecule has 0 heterocycles. The van der Waals surface area contributed by atoms with Crippen molar-refractivity contribution in [3.05, 3.63) is 35.9 Å². The van der Waals surface area contributed by atoms with Crippen molar-refractivity contribution in [2.75, 3.05) is 0 Å². The summed E-state index contributed by atoms with van der Waals surface area (Å²) in [5, 5.41) is 3.13. The normalized spacial score (nSPS) is 13.2. The zero-order valence-electron chi connectivity index (χ0n) is 12.5. The van der Waals surface area contributed by atoms with Gasteiger partial charge in [0, 0.05) is 18.5 Å². The largest absolute Gasteiger partial charge is 0.353 e. The molecule has 0 bridgehead atoms. The van der Waals surface area contributed by atoms with Gasteiger partial charge in [-0.05, 0) is 31.7 Å². The highest BCUT2D eigenvalue weighted by Gasteiger charge is 2.12. The van der Waals surface area contributed by atoms with E-state index in [2.05, 4.69) is 24.4 Å². The molecule has 1 aromatic rings. The number of hydrogen-bond donors (Lipinski definition) is 2. The summed E-state index contributed by atoms with van der Waals surface area (Å²) in [5.41, 5.74) is 6.95. The molecule has 0 aliphatic heterocycles. The van der Waals surface area contributed by atoms with Crippen LogP contribution in [0.1, 0.15) is 45.1 Å². The Morgan fingerprint density at radius 2 is 1.90 bits per heavy atom. The van der Waals surface area contributed by atoms with Crippen LogP contribution in [0, 0.1) is 0 Å². The fraction of sp³-hybridized carbons (Fsp3) is 0.562. The molecule has 4 heteroatoms. The van der Waals surface area contributed by atoms with E-state index >= 15 is 0 Å². The number of rotatable bonds is 8. The van der Waals surface area contributed by atoms with Crippen LogP contribution in [0.25, 0.3) is 0 Å². The van der Waals surface area contributed by atoms with Gasteiger partial charge in [-0.3, -0.25) is 4.79 Å². The molecule has 0 saturated heterocycles. The van der Waals surface area contributed by atoms with E-state index in [0.29, 0.717) is 6.42 Å². The summed E-state index contributed by atoms with van der Waals surface area (Å²) in [6.45, 7) is 4.08. The van der Waals surface area contributed by atoms with Gasteiger partial charge >= 0.3 is 0 Å². The number of benzene rings is 1. The van der Waals surface area contributed by atoms with Crippen molar-refractivity contribution in [1.82, 2.24) is 5.32 Å². The van der Waals surface area contributed by atoms with Crippen LogP contribution in [0.3, 0.4) is 0 Å². The van der Waals surface area contributed by atoms with Gasteiger partial charge in [-0.2, -0.15) is 0 Å². The van der Waals surface area contributed by atoms with Gasteiger partial charge in [0.1, 0.15) is 0 Å². The van der Waals surface area contributed by atoms with Crippen molar-refractivity contribution in [3.63, 3.8) is 0 Å². The van der Waals surface area contributed by atoms with E-state index in [1.165, 1.54) is 5.56 Å². The molecular formula is C16H27ClN2O. The maximum atomic E-state index is 11.9. The number of amides is 1. The van der Waals surface area contributed by atoms with Gasteiger partial charge in [0.25, 0.3) is 0 Å². The van der Waals surface area contributed by atoms with Gasteiger partial charge in [0.15, 0.2) is 0 Å². The van der Waals surface area contributed by atoms with E-state index in [0.717, 1.165) is 25.7 Å². The Kier molecular flexibility index (Phi) is 10.1. The van der Waals surface area contributed by atoms with E-state index in [1.807, 2.05) is 25.1 Å². The van der Waals surface area contributed by atoms with Gasteiger partial charge in [0.05, 0.1) is 0 Å². The smallest absolute Gasteiger partial charge is 0.220 e. The summed E-state index contributed by atoms with van der Waals surface area (Å²) in [6, 6.07) is 10.6. The fourth-order valence-electron chi connectivity index (χ4n) is 2.13. The summed E-state index contributed by atoms with van der Waals surface area (Å²) < 4.78 is 0. The Morgan fingerprint density at radius 1 is 1.25 bits per heavy atom. The first-order valence-corrected chi connectivity index (χ1v) is 7.20. The molecule has 3 nitrogen and oxygen atoms in total. The van der Waals surface area contributed by atoms with E-state index in [-0.39, 0.29) is 30.4 Å². The number of hydrogen-bond acceptors (Lipinski definition) is 2. The Morgan fingerprint density at radius 3 is 2.45 bits per heavy atom. The molecule has 114 valence electrons. The molecule has 0 aliphatic rings. The quantitative estimate of drug-likeness (QED) is 0.775. The van der Waals surface area contributed by atoms with Gasteiger partial charge in [-0.25, -0.2) is 0 Å². The number of nitrogens with two attached hydrogens (primary N) is 1. The van der Waals surface area contributed by atoms with Crippen LogP contribution >= 0.6 is 12.4 Å². The van der Waals surface area contributed by atoms with Crippen molar-refractivity contribution in [2.45, 2.75) is 58.0 Å². The number of carbonyl (C=O) groups excluding carboxylic acids is 1. The third kappa shape index (κ3) is 8.18. The molecule has 1 aromatic carbocycles. The first-order valence-electron chi connectivity index (χ1n) is 7.20. The maximum Gasteiger partial charge on any atom is 0.220 e. The third-order valence-corrected chi connectivity index (χ3v) is 3.15. The van der Waals surface area contributed by atoms with Gasteiger partial charge in [-0.1, -0.05) is 43.7 Å². The Hall–Kier alpha value is -1.06. The minimum atomic E-state index is 0. The average molecular weight is 299 g/mol. The lowest BCUT2D eigenvalue weighted by Gasteiger charge is -2.18. The first-order chi connectivity index (χ1) is 9.11. The Bertz CT molecular complexity index is 368. The summed E-state index contributed by atoms with van der Waals surface area (Å²) >= 11 is 0. The molecule has 0 saturated carbocycles. The molecule has 0 fully saturated rings. The monoisotopic (exact) mass is 298 g/mol. The number of carbonyl (C=O) groups is 1. The molecule has 20 heavy (non-hydrogen) atoms. The molecule has 0 aromatic heterocycles. The van der Waals surface area contributed by atoms with E-state index in [4.69, 9.17) is 5.73 Å². The number of halogens is 1. The second-order valence-electron chi connectivity index (χ2n) is 5.26. The van der Waals surface area contributed by atoms with E-state index in [9.17, 15) is 4.79 Å². The molecule has 1 rings (SSSR count). The molecule has 0 aliphatic carbocycles. The second-order valence-corrected chi connectivity index (χ2v) is 5.26. The lowest BCUT2D eigenvalue weighted by atomic mass is 10.0. The predicted octanol–water partition coefficient (Wildman–Crippen LogP) is 3.06. The zero-order chi connectivity index (χ0) is 14.1. The molecule has 0 spiro atoms. The van der Waals surface area contributed by atoms with Crippen LogP contribution in [0.5, 0.6) is 0 Å². The van der Waals surface area contributed by atoms with Crippen LogP contribution in [0.15, 0.2) is 30.3 Å². The minimum absolute atomic E-state index is 0. The molecular weight excluding hydrogens is 272 g/mol. The maximum absolute atomic E-state index is 11.9. The van der Waals surface area contributed by atoms with Crippen LogP contribution in [-0.4, -0.2) is 18.0 Å². The van der Waals surface area contributed by atoms with Crippen LogP contribution in [0.2, 0.25) is 0 Å². The second kappa shape index (κ2) is 10.7. The standard InChI is InChI=1S/C16H26N2O.ClH/c1-3-7-15(12-14-8-5-4-6-9-14)18-16(19)11-10-13(2)17;/h4-6,8-9,13,15H,3,7,10-12,17H2,1-2H3,(H,18,19);1H. The van der Waals surface area contributed by atoms with Crippen LogP contribution in [-0.2, 0) is 11.2 Å². The Balaban J connectivity index is 0.00000361. The van der Waals surface area contributed by atoms with Crippen molar-refractivity contribution in [3.8, 4) is 0 Å². The zero-order valence-corrected chi connectivity index (χ0v) is 13.3. The van der Waals surface area contributed by atoms with Gasteiger partial charge < -0.3 is 11.1 Å². The lowest BCUT2D eigenvalue weighted by Crippen LogP contribution is -2.36. The average Bonchev–Trinajstić information content (AvgIpc) is 2.38. The van der Waals surface area contributed by atoms with E-state index in [1.54, 1.807) is 0 Å². The number of nitrogens with one attached hydrogen (secondary N) is 1. The topological polar surface area (TPSA) is 55.1 Å². The van der Waals surface area contributed by atoms with Crippen molar-refractivity contribution in [2.24, 2.45) is 5.73 Å². The SMILES string of the molecule is CCCC(Cc1ccccc1)NC(=O)CCC(C)N.Cl. The van der Waals surface area contributed by atoms with Crippen molar-refractivity contribution >= 4 is 18.3 Å². The molecule has 0 radical (unpaired) electrons. The third-order valence-electron chi connectivity index (χ3n) is 3.15. The first kappa shape index (κ1) is 18.9. The highest BCUT2D eigenvalue weighted by atomic mass is 35.5. The fourth-order valence-corrected chi connectivity index (χ4v) is 2.13. The van der Waals surface area contributed by atoms with Crippen molar-refractivity contribution in [1.29, 1.82) is 0 Å². The van der Waals surface area contributed by atoms with Crippen LogP contribution < -0.4 is 11.1 Å². The summed E-state index contributed by atoms with van der Waals surface area (Å²) in [4.78, 5) is 11.9. The van der Waals surface area contributed by atoms with Crippen LogP contribution in [0.4, 0.5) is 0 Å². The summed E-state index contributed by atoms with van der Waals surface area (Å²) in [6.07, 6.45) is 4.26. The summed E-state index contributed by atoms with van der Waals surface area (Å²) in [7, 11) is 0. The van der Waals surface area contributed by atoms with E-state index < -0.39 is 0 Å². The molecule has 2 atom stereocenters. The molecule has 3 N–H and O–H groups in total. The predicted molar refractivity (Wildman–Crippen MR) is 87.1 cm³/mol. The summed E-state index contributed by atoms with van der Waals surface area (Å²) in [5.74, 6) is 0.117. The molecule has 1 amide bonds. The molecule has 2 unspecified atom stereocenters. The highest BCUT2D eigenvalue weighted by Crippen LogP contribution is 2.08. The minimum Gasteiger partial charge on any atom is -0.353 e. The van der Waals surface area contributed by atoms with Crippen molar-refractivity contribution < 1.29 is 4.79 Å². The van der Waals surface area contributed by atoms with Gasteiger partial charge in [-0.15, -0.1) is 12.4 Å².